The Morgan fingerprint density at radius 1 is 0.600 bits per heavy atom. The number of carbonyl (C=O) groups excluding carboxylic acids is 2. The monoisotopic (exact) mass is 410 g/mol. The van der Waals surface area contributed by atoms with Gasteiger partial charge >= 0.3 is 0 Å². The Hall–Kier alpha value is -4.24. The number of aliphatic hydroxyl groups excluding tert-OH is 1. The number of aliphatic hydroxyl groups is 1. The standard InChI is InChI=1S/C21H18N2O7/c24-10-11-1-14(22-20(29)12-3-16(25)8-17(26)4-12)7-15(2-11)23-21(30)13-5-18(27)9-19(28)6-13/h1-9,24-28H,10H2,(H,22,29)(H,23,30). The number of amides is 2. The fraction of sp³-hybridized carbons (Fsp3) is 0.0476. The van der Waals surface area contributed by atoms with Crippen molar-refractivity contribution in [2.24, 2.45) is 0 Å². The molecule has 3 rings (SSSR count). The zero-order valence-corrected chi connectivity index (χ0v) is 15.5. The maximum Gasteiger partial charge on any atom is 0.255 e. The van der Waals surface area contributed by atoms with Crippen molar-refractivity contribution in [2.75, 3.05) is 10.6 Å². The van der Waals surface area contributed by atoms with Gasteiger partial charge in [-0.3, -0.25) is 9.59 Å². The van der Waals surface area contributed by atoms with Crippen molar-refractivity contribution >= 4 is 23.2 Å². The Bertz CT molecular complexity index is 1000. The number of hydrogen-bond donors (Lipinski definition) is 7. The number of carbonyl (C=O) groups is 2. The third-order valence-electron chi connectivity index (χ3n) is 4.02. The lowest BCUT2D eigenvalue weighted by Gasteiger charge is -2.12. The molecule has 0 spiro atoms. The summed E-state index contributed by atoms with van der Waals surface area (Å²) in [6, 6.07) is 11.2. The van der Waals surface area contributed by atoms with Crippen molar-refractivity contribution in [3.63, 3.8) is 0 Å². The Morgan fingerprint density at radius 2 is 0.967 bits per heavy atom. The minimum Gasteiger partial charge on any atom is -0.508 e. The normalized spacial score (nSPS) is 10.4. The zero-order valence-electron chi connectivity index (χ0n) is 15.5. The highest BCUT2D eigenvalue weighted by Crippen LogP contribution is 2.25. The van der Waals surface area contributed by atoms with Gasteiger partial charge in [-0.1, -0.05) is 0 Å². The first-order valence-electron chi connectivity index (χ1n) is 8.67. The molecule has 9 heteroatoms. The molecule has 154 valence electrons. The van der Waals surface area contributed by atoms with Crippen LogP contribution in [0.2, 0.25) is 0 Å². The molecule has 0 aliphatic heterocycles. The minimum atomic E-state index is -0.633. The van der Waals surface area contributed by atoms with Crippen LogP contribution in [-0.4, -0.2) is 37.3 Å². The molecule has 0 saturated carbocycles. The summed E-state index contributed by atoms with van der Waals surface area (Å²) in [7, 11) is 0. The fourth-order valence-corrected chi connectivity index (χ4v) is 2.79. The summed E-state index contributed by atoms with van der Waals surface area (Å²) in [6.45, 7) is -0.369. The van der Waals surface area contributed by atoms with Gasteiger partial charge in [0.25, 0.3) is 11.8 Å². The summed E-state index contributed by atoms with van der Waals surface area (Å²) in [5, 5.41) is 52.7. The van der Waals surface area contributed by atoms with Crippen LogP contribution >= 0.6 is 0 Å². The van der Waals surface area contributed by atoms with Gasteiger partial charge in [0.05, 0.1) is 6.61 Å². The third-order valence-corrected chi connectivity index (χ3v) is 4.02. The fourth-order valence-electron chi connectivity index (χ4n) is 2.79. The van der Waals surface area contributed by atoms with Gasteiger partial charge in [-0.15, -0.1) is 0 Å². The van der Waals surface area contributed by atoms with Gasteiger partial charge in [-0.25, -0.2) is 0 Å². The van der Waals surface area contributed by atoms with Crippen LogP contribution < -0.4 is 10.6 Å². The number of anilines is 2. The molecule has 30 heavy (non-hydrogen) atoms. The zero-order chi connectivity index (χ0) is 21.8. The molecule has 2 amide bonds. The van der Waals surface area contributed by atoms with Crippen molar-refractivity contribution in [1.82, 2.24) is 0 Å². The average Bonchev–Trinajstić information content (AvgIpc) is 2.66. The van der Waals surface area contributed by atoms with E-state index in [1.54, 1.807) is 0 Å². The molecule has 0 radical (unpaired) electrons. The topological polar surface area (TPSA) is 159 Å². The number of aromatic hydroxyl groups is 4. The minimum absolute atomic E-state index is 0.00252. The Balaban J connectivity index is 1.84. The van der Waals surface area contributed by atoms with Gasteiger partial charge in [0.2, 0.25) is 0 Å². The second kappa shape index (κ2) is 8.41. The van der Waals surface area contributed by atoms with E-state index in [1.165, 1.54) is 42.5 Å². The van der Waals surface area contributed by atoms with Gasteiger partial charge in [0.15, 0.2) is 0 Å². The van der Waals surface area contributed by atoms with Gasteiger partial charge < -0.3 is 36.2 Å². The molecule has 7 N–H and O–H groups in total. The van der Waals surface area contributed by atoms with Gasteiger partial charge in [-0.05, 0) is 48.0 Å². The molecule has 0 aromatic heterocycles. The predicted octanol–water partition coefficient (Wildman–Crippen LogP) is 2.51. The lowest BCUT2D eigenvalue weighted by Crippen LogP contribution is -2.14. The molecule has 0 aliphatic carbocycles. The van der Waals surface area contributed by atoms with E-state index in [9.17, 15) is 35.1 Å². The van der Waals surface area contributed by atoms with E-state index in [4.69, 9.17) is 0 Å². The molecule has 0 unspecified atom stereocenters. The largest absolute Gasteiger partial charge is 0.508 e. The van der Waals surface area contributed by atoms with Gasteiger partial charge in [0, 0.05) is 34.6 Å². The van der Waals surface area contributed by atoms with Gasteiger partial charge in [0.1, 0.15) is 23.0 Å². The molecule has 3 aromatic rings. The number of phenolic OH excluding ortho intramolecular Hbond substituents is 4. The molecule has 0 fully saturated rings. The van der Waals surface area contributed by atoms with Crippen LogP contribution in [0.25, 0.3) is 0 Å². The highest BCUT2D eigenvalue weighted by atomic mass is 16.3. The number of hydrogen-bond acceptors (Lipinski definition) is 7. The Labute approximate surface area is 170 Å². The van der Waals surface area contributed by atoms with Crippen molar-refractivity contribution in [1.29, 1.82) is 0 Å². The van der Waals surface area contributed by atoms with E-state index in [2.05, 4.69) is 10.6 Å². The number of rotatable bonds is 5. The Kier molecular flexibility index (Phi) is 5.75. The molecule has 0 bridgehead atoms. The van der Waals surface area contributed by atoms with Crippen molar-refractivity contribution in [3.8, 4) is 23.0 Å². The summed E-state index contributed by atoms with van der Waals surface area (Å²) in [6.07, 6.45) is 0. The van der Waals surface area contributed by atoms with Crippen LogP contribution in [-0.2, 0) is 6.61 Å². The molecule has 0 saturated heterocycles. The molecule has 0 aliphatic rings. The molecule has 9 nitrogen and oxygen atoms in total. The van der Waals surface area contributed by atoms with Crippen LogP contribution in [0.3, 0.4) is 0 Å². The second-order valence-corrected chi connectivity index (χ2v) is 6.46. The quantitative estimate of drug-likeness (QED) is 0.340. The Morgan fingerprint density at radius 3 is 1.30 bits per heavy atom. The van der Waals surface area contributed by atoms with Crippen molar-refractivity contribution in [3.05, 3.63) is 71.3 Å². The van der Waals surface area contributed by atoms with E-state index in [0.717, 1.165) is 12.1 Å². The van der Waals surface area contributed by atoms with Crippen LogP contribution in [0.1, 0.15) is 26.3 Å². The van der Waals surface area contributed by atoms with Crippen molar-refractivity contribution < 1.29 is 35.1 Å². The van der Waals surface area contributed by atoms with Crippen LogP contribution in [0.15, 0.2) is 54.6 Å². The second-order valence-electron chi connectivity index (χ2n) is 6.46. The SMILES string of the molecule is O=C(Nc1cc(CO)cc(NC(=O)c2cc(O)cc(O)c2)c1)c1cc(O)cc(O)c1. The van der Waals surface area contributed by atoms with Crippen LogP contribution in [0.5, 0.6) is 23.0 Å². The lowest BCUT2D eigenvalue weighted by atomic mass is 10.1. The van der Waals surface area contributed by atoms with Gasteiger partial charge in [-0.2, -0.15) is 0 Å². The first-order valence-corrected chi connectivity index (χ1v) is 8.67. The molecular weight excluding hydrogens is 392 g/mol. The van der Waals surface area contributed by atoms with Crippen molar-refractivity contribution in [2.45, 2.75) is 6.61 Å². The van der Waals surface area contributed by atoms with E-state index >= 15 is 0 Å². The van der Waals surface area contributed by atoms with Crippen LogP contribution in [0.4, 0.5) is 11.4 Å². The lowest BCUT2D eigenvalue weighted by molar-refractivity contribution is 0.101. The van der Waals surface area contributed by atoms with E-state index in [-0.39, 0.29) is 52.1 Å². The summed E-state index contributed by atoms with van der Waals surface area (Å²) in [5.74, 6) is -2.41. The average molecular weight is 410 g/mol. The smallest absolute Gasteiger partial charge is 0.255 e. The maximum absolute atomic E-state index is 12.4. The third kappa shape index (κ3) is 4.97. The summed E-state index contributed by atoms with van der Waals surface area (Å²) >= 11 is 0. The first-order chi connectivity index (χ1) is 14.2. The first kappa shape index (κ1) is 20.5. The van der Waals surface area contributed by atoms with E-state index in [1.807, 2.05) is 0 Å². The molecule has 3 aromatic carbocycles. The van der Waals surface area contributed by atoms with E-state index in [0.29, 0.717) is 5.56 Å². The highest BCUT2D eigenvalue weighted by molar-refractivity contribution is 6.07. The number of nitrogens with one attached hydrogen (secondary N) is 2. The summed E-state index contributed by atoms with van der Waals surface area (Å²) in [5.41, 5.74) is 0.873. The molecular formula is C21H18N2O7. The number of phenols is 4. The predicted molar refractivity (Wildman–Crippen MR) is 108 cm³/mol. The van der Waals surface area contributed by atoms with Crippen LogP contribution in [0, 0.1) is 0 Å². The number of benzene rings is 3. The maximum atomic E-state index is 12.4. The molecule has 0 heterocycles. The summed E-state index contributed by atoms with van der Waals surface area (Å²) < 4.78 is 0. The van der Waals surface area contributed by atoms with E-state index < -0.39 is 11.8 Å². The highest BCUT2D eigenvalue weighted by Gasteiger charge is 2.13. The molecule has 0 atom stereocenters. The summed E-state index contributed by atoms with van der Waals surface area (Å²) in [4.78, 5) is 24.8.